The predicted octanol–water partition coefficient (Wildman–Crippen LogP) is 2.71. The van der Waals surface area contributed by atoms with Crippen LogP contribution in [0.4, 0.5) is 0 Å². The van der Waals surface area contributed by atoms with Gasteiger partial charge in [0.2, 0.25) is 5.78 Å². The number of hydrogen-bond donors (Lipinski definition) is 1. The van der Waals surface area contributed by atoms with Crippen molar-refractivity contribution in [1.29, 1.82) is 0 Å². The number of aromatic hydroxyl groups is 1. The van der Waals surface area contributed by atoms with Gasteiger partial charge in [-0.15, -0.1) is 0 Å². The van der Waals surface area contributed by atoms with Gasteiger partial charge in [0.25, 0.3) is 5.56 Å². The molecule has 0 atom stereocenters. The Morgan fingerprint density at radius 2 is 2.00 bits per heavy atom. The molecular weight excluding hydrogens is 289 g/mol. The topological polar surface area (TPSA) is 59.3 Å². The molecule has 1 heterocycles. The zero-order valence-corrected chi connectivity index (χ0v) is 11.6. The molecule has 0 radical (unpaired) electrons. The Kier molecular flexibility index (Phi) is 3.83. The van der Waals surface area contributed by atoms with Crippen LogP contribution in [-0.4, -0.2) is 20.3 Å². The molecule has 1 N–H and O–H groups in total. The van der Waals surface area contributed by atoms with Gasteiger partial charge in [-0.1, -0.05) is 35.3 Å². The molecule has 0 aliphatic carbocycles. The summed E-state index contributed by atoms with van der Waals surface area (Å²) in [6.45, 7) is 2.15. The van der Waals surface area contributed by atoms with Crippen molar-refractivity contribution in [3.63, 3.8) is 0 Å². The van der Waals surface area contributed by atoms with E-state index in [-0.39, 0.29) is 11.3 Å². The molecule has 0 bridgehead atoms. The van der Waals surface area contributed by atoms with Crippen molar-refractivity contribution in [2.45, 2.75) is 18.3 Å². The number of carbonyl (C=O) groups excluding carboxylic acids is 1. The Morgan fingerprint density at radius 3 is 2.58 bits per heavy atom. The van der Waals surface area contributed by atoms with Crippen LogP contribution in [0.25, 0.3) is 10.9 Å². The highest BCUT2D eigenvalue weighted by Crippen LogP contribution is 2.28. The van der Waals surface area contributed by atoms with Gasteiger partial charge in [-0.3, -0.25) is 9.59 Å². The fourth-order valence-corrected chi connectivity index (χ4v) is 2.25. The van der Waals surface area contributed by atoms with Crippen molar-refractivity contribution in [2.75, 3.05) is 0 Å². The summed E-state index contributed by atoms with van der Waals surface area (Å²) in [5.41, 5.74) is -0.393. The number of fused-ring (bicyclic) bond motifs is 1. The van der Waals surface area contributed by atoms with E-state index in [4.69, 9.17) is 23.2 Å². The summed E-state index contributed by atoms with van der Waals surface area (Å²) in [7, 11) is 0. The minimum absolute atomic E-state index is 0.365. The number of hydrogen-bond acceptors (Lipinski definition) is 3. The highest BCUT2D eigenvalue weighted by molar-refractivity contribution is 6.55. The molecule has 0 saturated heterocycles. The van der Waals surface area contributed by atoms with Crippen LogP contribution in [0.1, 0.15) is 17.3 Å². The quantitative estimate of drug-likeness (QED) is 0.700. The van der Waals surface area contributed by atoms with Crippen LogP contribution < -0.4 is 5.56 Å². The molecule has 0 saturated carbocycles. The van der Waals surface area contributed by atoms with Crippen LogP contribution >= 0.6 is 23.2 Å². The number of benzene rings is 1. The number of para-hydroxylation sites is 1. The lowest BCUT2D eigenvalue weighted by Gasteiger charge is -2.13. The number of alkyl halides is 2. The van der Waals surface area contributed by atoms with E-state index >= 15 is 0 Å². The van der Waals surface area contributed by atoms with E-state index in [2.05, 4.69) is 0 Å². The first-order valence-electron chi connectivity index (χ1n) is 5.65. The van der Waals surface area contributed by atoms with Gasteiger partial charge in [0.15, 0.2) is 4.84 Å². The van der Waals surface area contributed by atoms with E-state index in [0.29, 0.717) is 17.4 Å². The van der Waals surface area contributed by atoms with Gasteiger partial charge in [0, 0.05) is 11.9 Å². The fourth-order valence-electron chi connectivity index (χ4n) is 2.03. The summed E-state index contributed by atoms with van der Waals surface area (Å²) in [5.74, 6) is -1.17. The molecule has 0 aliphatic rings. The van der Waals surface area contributed by atoms with E-state index in [1.807, 2.05) is 0 Å². The van der Waals surface area contributed by atoms with Crippen molar-refractivity contribution in [3.05, 3.63) is 40.2 Å². The van der Waals surface area contributed by atoms with Crippen LogP contribution in [-0.2, 0) is 6.54 Å². The van der Waals surface area contributed by atoms with Gasteiger partial charge in [0.05, 0.1) is 5.52 Å². The average Bonchev–Trinajstić information content (AvgIpc) is 2.39. The van der Waals surface area contributed by atoms with Crippen LogP contribution in [0.5, 0.6) is 5.75 Å². The van der Waals surface area contributed by atoms with E-state index in [1.54, 1.807) is 31.2 Å². The monoisotopic (exact) mass is 299 g/mol. The van der Waals surface area contributed by atoms with Crippen LogP contribution in [0, 0.1) is 0 Å². The van der Waals surface area contributed by atoms with Crippen LogP contribution in [0.2, 0.25) is 0 Å². The first-order valence-corrected chi connectivity index (χ1v) is 6.53. The minimum Gasteiger partial charge on any atom is -0.506 e. The van der Waals surface area contributed by atoms with Gasteiger partial charge in [-0.05, 0) is 19.1 Å². The maximum absolute atomic E-state index is 12.2. The smallest absolute Gasteiger partial charge is 0.265 e. The number of Topliss-reactive ketones (excluding diaryl/α,β-unsaturated/α-hetero) is 1. The number of rotatable bonds is 3. The third-order valence-corrected chi connectivity index (χ3v) is 3.30. The Labute approximate surface area is 119 Å². The summed E-state index contributed by atoms with van der Waals surface area (Å²) in [6.07, 6.45) is 0. The maximum Gasteiger partial charge on any atom is 0.265 e. The van der Waals surface area contributed by atoms with E-state index in [0.717, 1.165) is 0 Å². The lowest BCUT2D eigenvalue weighted by atomic mass is 10.1. The lowest BCUT2D eigenvalue weighted by molar-refractivity contribution is 0.100. The van der Waals surface area contributed by atoms with Gasteiger partial charge in [-0.25, -0.2) is 0 Å². The largest absolute Gasteiger partial charge is 0.506 e. The second-order valence-electron chi connectivity index (χ2n) is 3.96. The number of pyridine rings is 1. The molecule has 2 aromatic rings. The maximum atomic E-state index is 12.2. The number of aryl methyl sites for hydroxylation is 1. The van der Waals surface area contributed by atoms with E-state index < -0.39 is 16.2 Å². The molecule has 0 spiro atoms. The van der Waals surface area contributed by atoms with E-state index in [1.165, 1.54) is 4.57 Å². The predicted molar refractivity (Wildman–Crippen MR) is 75.4 cm³/mol. The fraction of sp³-hybridized carbons (Fsp3) is 0.231. The molecule has 19 heavy (non-hydrogen) atoms. The van der Waals surface area contributed by atoms with E-state index in [9.17, 15) is 14.7 Å². The minimum atomic E-state index is -1.38. The second kappa shape index (κ2) is 5.23. The summed E-state index contributed by atoms with van der Waals surface area (Å²) >= 11 is 11.0. The Bertz CT molecular complexity index is 707. The van der Waals surface area contributed by atoms with Gasteiger partial charge >= 0.3 is 0 Å². The van der Waals surface area contributed by atoms with Crippen molar-refractivity contribution in [2.24, 2.45) is 0 Å². The number of halogens is 2. The summed E-state index contributed by atoms with van der Waals surface area (Å²) in [4.78, 5) is 22.7. The van der Waals surface area contributed by atoms with Crippen LogP contribution in [0.3, 0.4) is 0 Å². The molecule has 0 unspecified atom stereocenters. The molecule has 100 valence electrons. The zero-order valence-electron chi connectivity index (χ0n) is 10.1. The number of carbonyl (C=O) groups is 1. The highest BCUT2D eigenvalue weighted by atomic mass is 35.5. The Hall–Kier alpha value is -1.52. The summed E-state index contributed by atoms with van der Waals surface area (Å²) < 4.78 is 1.40. The van der Waals surface area contributed by atoms with Crippen molar-refractivity contribution < 1.29 is 9.90 Å². The Morgan fingerprint density at radius 1 is 1.37 bits per heavy atom. The second-order valence-corrected chi connectivity index (χ2v) is 5.05. The molecule has 2 rings (SSSR count). The molecule has 0 aliphatic heterocycles. The molecule has 6 heteroatoms. The molecule has 4 nitrogen and oxygen atoms in total. The number of aromatic nitrogens is 1. The van der Waals surface area contributed by atoms with Crippen molar-refractivity contribution >= 4 is 39.9 Å². The Balaban J connectivity index is 2.94. The highest BCUT2D eigenvalue weighted by Gasteiger charge is 2.25. The van der Waals surface area contributed by atoms with Gasteiger partial charge in [-0.2, -0.15) is 0 Å². The summed E-state index contributed by atoms with van der Waals surface area (Å²) in [6, 6.07) is 6.79. The zero-order chi connectivity index (χ0) is 14.2. The first-order chi connectivity index (χ1) is 8.99. The van der Waals surface area contributed by atoms with Crippen molar-refractivity contribution in [1.82, 2.24) is 4.57 Å². The van der Waals surface area contributed by atoms with Gasteiger partial charge in [0.1, 0.15) is 11.3 Å². The number of ketones is 1. The third kappa shape index (κ3) is 2.22. The van der Waals surface area contributed by atoms with Gasteiger partial charge < -0.3 is 9.67 Å². The number of nitrogens with zero attached hydrogens (tertiary/aromatic N) is 1. The standard InChI is InChI=1S/C13H11Cl2NO3/c1-2-16-8-6-4-3-5-7(8)10(17)9(13(16)19)11(18)12(14)15/h3-6,12,17H,2H2,1H3. The van der Waals surface area contributed by atoms with Crippen molar-refractivity contribution in [3.8, 4) is 5.75 Å². The normalized spacial score (nSPS) is 11.2. The third-order valence-electron chi connectivity index (χ3n) is 2.91. The molecular formula is C13H11Cl2NO3. The lowest BCUT2D eigenvalue weighted by Crippen LogP contribution is -2.28. The molecule has 1 aromatic heterocycles. The average molecular weight is 300 g/mol. The summed E-state index contributed by atoms with van der Waals surface area (Å²) in [5, 5.41) is 10.5. The molecule has 1 aromatic carbocycles. The first kappa shape index (κ1) is 13.9. The SMILES string of the molecule is CCn1c(=O)c(C(=O)C(Cl)Cl)c(O)c2ccccc21. The molecule has 0 amide bonds. The molecule has 0 fully saturated rings. The van der Waals surface area contributed by atoms with Crippen LogP contribution in [0.15, 0.2) is 29.1 Å².